The van der Waals surface area contributed by atoms with Crippen molar-refractivity contribution in [1.29, 1.82) is 0 Å². The van der Waals surface area contributed by atoms with Crippen LogP contribution in [0.25, 0.3) is 0 Å². The van der Waals surface area contributed by atoms with Crippen LogP contribution in [-0.2, 0) is 18.4 Å². The highest BCUT2D eigenvalue weighted by Gasteiger charge is 2.21. The van der Waals surface area contributed by atoms with Gasteiger partial charge < -0.3 is 15.4 Å². The molecule has 1 atom stereocenters. The van der Waals surface area contributed by atoms with E-state index in [4.69, 9.17) is 9.73 Å². The lowest BCUT2D eigenvalue weighted by Gasteiger charge is -2.25. The van der Waals surface area contributed by atoms with Crippen molar-refractivity contribution in [2.75, 3.05) is 19.7 Å². The Balaban J connectivity index is 1.55. The van der Waals surface area contributed by atoms with Crippen molar-refractivity contribution in [3.63, 3.8) is 0 Å². The third-order valence-electron chi connectivity index (χ3n) is 4.96. The Morgan fingerprint density at radius 1 is 1.31 bits per heavy atom. The monoisotopic (exact) mass is 398 g/mol. The predicted octanol–water partition coefficient (Wildman–Crippen LogP) is 2.83. The van der Waals surface area contributed by atoms with Gasteiger partial charge in [-0.05, 0) is 37.3 Å². The molecule has 0 spiro atoms. The number of aryl methyl sites for hydroxylation is 2. The molecular weight excluding hydrogens is 364 g/mol. The summed E-state index contributed by atoms with van der Waals surface area (Å²) in [5, 5.41) is 11.3. The highest BCUT2D eigenvalue weighted by Crippen LogP contribution is 2.30. The van der Waals surface area contributed by atoms with Crippen molar-refractivity contribution in [1.82, 2.24) is 25.4 Å². The number of para-hydroxylation sites is 1. The van der Waals surface area contributed by atoms with E-state index in [0.29, 0.717) is 19.2 Å². The van der Waals surface area contributed by atoms with E-state index >= 15 is 0 Å². The Labute approximate surface area is 174 Å². The van der Waals surface area contributed by atoms with Gasteiger partial charge in [0.1, 0.15) is 24.0 Å². The molecule has 1 aromatic carbocycles. The van der Waals surface area contributed by atoms with Gasteiger partial charge in [-0.1, -0.05) is 39.0 Å². The first kappa shape index (κ1) is 21.1. The number of hydrogen-bond acceptors (Lipinski definition) is 4. The van der Waals surface area contributed by atoms with Gasteiger partial charge in [0.15, 0.2) is 5.96 Å². The van der Waals surface area contributed by atoms with Crippen LogP contribution in [0.1, 0.15) is 51.3 Å². The first-order chi connectivity index (χ1) is 13.9. The number of nitrogens with zero attached hydrogens (tertiary/aromatic N) is 4. The molecule has 7 nitrogen and oxygen atoms in total. The summed E-state index contributed by atoms with van der Waals surface area (Å²) in [4.78, 5) is 9.18. The number of guanidine groups is 1. The van der Waals surface area contributed by atoms with E-state index in [1.165, 1.54) is 5.56 Å². The van der Waals surface area contributed by atoms with E-state index in [2.05, 4.69) is 60.5 Å². The first-order valence-corrected chi connectivity index (χ1v) is 10.5. The van der Waals surface area contributed by atoms with Gasteiger partial charge in [0.05, 0.1) is 13.1 Å². The summed E-state index contributed by atoms with van der Waals surface area (Å²) in [5.41, 5.74) is 1.27. The molecule has 0 saturated carbocycles. The summed E-state index contributed by atoms with van der Waals surface area (Å²) in [6.45, 7) is 13.4. The van der Waals surface area contributed by atoms with Gasteiger partial charge in [0, 0.05) is 19.0 Å². The zero-order chi connectivity index (χ0) is 20.9. The van der Waals surface area contributed by atoms with E-state index in [1.807, 2.05) is 23.7 Å². The summed E-state index contributed by atoms with van der Waals surface area (Å²) in [7, 11) is 0. The molecule has 2 heterocycles. The fourth-order valence-electron chi connectivity index (χ4n) is 3.59. The van der Waals surface area contributed by atoms with Crippen molar-refractivity contribution < 1.29 is 4.74 Å². The maximum absolute atomic E-state index is 6.05. The Morgan fingerprint density at radius 2 is 2.10 bits per heavy atom. The fraction of sp³-hybridized carbons (Fsp3) is 0.591. The largest absolute Gasteiger partial charge is 0.491 e. The first-order valence-electron chi connectivity index (χ1n) is 10.5. The average molecular weight is 399 g/mol. The van der Waals surface area contributed by atoms with Crippen LogP contribution in [0.3, 0.4) is 0 Å². The molecule has 1 aliphatic heterocycles. The van der Waals surface area contributed by atoms with Gasteiger partial charge in [-0.25, -0.2) is 14.7 Å². The summed E-state index contributed by atoms with van der Waals surface area (Å²) in [6, 6.07) is 8.54. The number of aliphatic imine (C=N–C) groups is 1. The topological polar surface area (TPSA) is 76.4 Å². The van der Waals surface area contributed by atoms with Crippen molar-refractivity contribution in [2.45, 2.75) is 65.5 Å². The third kappa shape index (κ3) is 5.71. The zero-order valence-corrected chi connectivity index (χ0v) is 18.3. The molecule has 0 fully saturated rings. The number of hydrogen-bond donors (Lipinski definition) is 2. The van der Waals surface area contributed by atoms with Crippen LogP contribution in [0.4, 0.5) is 0 Å². The summed E-state index contributed by atoms with van der Waals surface area (Å²) in [6.07, 6.45) is 1.96. The highest BCUT2D eigenvalue weighted by molar-refractivity contribution is 5.80. The minimum absolute atomic E-state index is 0.0515. The maximum Gasteiger partial charge on any atom is 0.191 e. The molecule has 158 valence electrons. The minimum Gasteiger partial charge on any atom is -0.491 e. The number of ether oxygens (including phenoxy) is 1. The molecule has 7 heteroatoms. The smallest absolute Gasteiger partial charge is 0.191 e. The van der Waals surface area contributed by atoms with Crippen LogP contribution in [0.15, 0.2) is 29.3 Å². The summed E-state index contributed by atoms with van der Waals surface area (Å²) in [5.74, 6) is 3.68. The normalized spacial score (nSPS) is 17.0. The summed E-state index contributed by atoms with van der Waals surface area (Å²) >= 11 is 0. The second-order valence-corrected chi connectivity index (χ2v) is 8.49. The molecule has 1 unspecified atom stereocenters. The van der Waals surface area contributed by atoms with Crippen LogP contribution in [0, 0.1) is 6.92 Å². The lowest BCUT2D eigenvalue weighted by atomic mass is 9.86. The molecule has 0 aliphatic carbocycles. The van der Waals surface area contributed by atoms with E-state index in [-0.39, 0.29) is 5.41 Å². The van der Waals surface area contributed by atoms with Crippen LogP contribution < -0.4 is 15.4 Å². The maximum atomic E-state index is 6.05. The van der Waals surface area contributed by atoms with E-state index < -0.39 is 0 Å². The number of aromatic nitrogens is 3. The van der Waals surface area contributed by atoms with Crippen LogP contribution in [0.2, 0.25) is 0 Å². The minimum atomic E-state index is 0.0515. The molecule has 3 rings (SSSR count). The molecule has 1 aliphatic rings. The Kier molecular flexibility index (Phi) is 6.77. The molecular formula is C22H34N6O. The van der Waals surface area contributed by atoms with Gasteiger partial charge in [-0.15, -0.1) is 0 Å². The van der Waals surface area contributed by atoms with Gasteiger partial charge >= 0.3 is 0 Å². The lowest BCUT2D eigenvalue weighted by Crippen LogP contribution is -2.47. The van der Waals surface area contributed by atoms with E-state index in [0.717, 1.165) is 49.3 Å². The second kappa shape index (κ2) is 9.29. The van der Waals surface area contributed by atoms with Gasteiger partial charge in [0.25, 0.3) is 0 Å². The number of benzene rings is 1. The quantitative estimate of drug-likeness (QED) is 0.445. The molecule has 0 amide bonds. The fourth-order valence-corrected chi connectivity index (χ4v) is 3.59. The molecule has 2 N–H and O–H groups in total. The van der Waals surface area contributed by atoms with Crippen LogP contribution in [0.5, 0.6) is 5.75 Å². The molecule has 0 saturated heterocycles. The van der Waals surface area contributed by atoms with E-state index in [1.54, 1.807) is 0 Å². The average Bonchev–Trinajstić information content (AvgIpc) is 3.04. The van der Waals surface area contributed by atoms with Gasteiger partial charge in [-0.3, -0.25) is 0 Å². The van der Waals surface area contributed by atoms with Crippen molar-refractivity contribution in [2.24, 2.45) is 4.99 Å². The van der Waals surface area contributed by atoms with Gasteiger partial charge in [-0.2, -0.15) is 5.10 Å². The van der Waals surface area contributed by atoms with Crippen LogP contribution >= 0.6 is 0 Å². The Hall–Kier alpha value is -2.57. The van der Waals surface area contributed by atoms with Crippen molar-refractivity contribution in [3.8, 4) is 5.75 Å². The summed E-state index contributed by atoms with van der Waals surface area (Å²) < 4.78 is 8.05. The van der Waals surface area contributed by atoms with Crippen molar-refractivity contribution in [3.05, 3.63) is 41.5 Å². The molecule has 2 aromatic rings. The SMILES string of the molecule is CCNC(=NCCOc1ccccc1C(C)(C)C)NC1CCc2nc(C)nn2C1. The Morgan fingerprint density at radius 3 is 2.86 bits per heavy atom. The number of rotatable bonds is 6. The third-order valence-corrected chi connectivity index (χ3v) is 4.96. The lowest BCUT2D eigenvalue weighted by molar-refractivity contribution is 0.318. The number of fused-ring (bicyclic) bond motifs is 1. The standard InChI is InChI=1S/C22H34N6O/c1-6-23-21(26-17-11-12-20-25-16(2)27-28(20)15-17)24-13-14-29-19-10-8-7-9-18(19)22(3,4)5/h7-10,17H,6,11-15H2,1-5H3,(H2,23,24,26). The Bertz CT molecular complexity index is 836. The molecule has 1 aromatic heterocycles. The van der Waals surface area contributed by atoms with Gasteiger partial charge in [0.2, 0.25) is 0 Å². The second-order valence-electron chi connectivity index (χ2n) is 8.49. The number of nitrogens with one attached hydrogen (secondary N) is 2. The molecule has 29 heavy (non-hydrogen) atoms. The van der Waals surface area contributed by atoms with Crippen LogP contribution in [-0.4, -0.2) is 46.5 Å². The highest BCUT2D eigenvalue weighted by atomic mass is 16.5. The molecule has 0 bridgehead atoms. The zero-order valence-electron chi connectivity index (χ0n) is 18.3. The van der Waals surface area contributed by atoms with E-state index in [9.17, 15) is 0 Å². The van der Waals surface area contributed by atoms with Crippen molar-refractivity contribution >= 4 is 5.96 Å². The molecule has 0 radical (unpaired) electrons. The predicted molar refractivity (Wildman–Crippen MR) is 117 cm³/mol.